The van der Waals surface area contributed by atoms with Crippen LogP contribution < -0.4 is 10.2 Å². The minimum absolute atomic E-state index is 0.0338. The Bertz CT molecular complexity index is 1070. The van der Waals surface area contributed by atoms with Crippen LogP contribution in [0.25, 0.3) is 0 Å². The highest BCUT2D eigenvalue weighted by molar-refractivity contribution is 6.23. The van der Waals surface area contributed by atoms with Crippen LogP contribution in [0, 0.1) is 11.7 Å². The number of carbonyl (C=O) groups excluding carboxylic acids is 5. The molecule has 1 N–H and O–H groups in total. The molecule has 0 aliphatic carbocycles. The van der Waals surface area contributed by atoms with E-state index in [4.69, 9.17) is 0 Å². The van der Waals surface area contributed by atoms with Gasteiger partial charge in [-0.2, -0.15) is 0 Å². The normalized spacial score (nSPS) is 24.6. The van der Waals surface area contributed by atoms with Gasteiger partial charge in [0.15, 0.2) is 0 Å². The van der Waals surface area contributed by atoms with Gasteiger partial charge in [-0.3, -0.25) is 34.2 Å². The van der Waals surface area contributed by atoms with Gasteiger partial charge in [0.05, 0.1) is 16.8 Å². The Labute approximate surface area is 196 Å². The number of hydrogen-bond acceptors (Lipinski definition) is 7. The van der Waals surface area contributed by atoms with Gasteiger partial charge in [-0.1, -0.05) is 0 Å². The summed E-state index contributed by atoms with van der Waals surface area (Å²) in [5.74, 6) is -2.26. The number of halogens is 1. The minimum Gasteiger partial charge on any atom is -0.369 e. The fourth-order valence-corrected chi connectivity index (χ4v) is 5.43. The average molecular weight is 471 g/mol. The number of hydrogen-bond donors (Lipinski definition) is 1. The Hall–Kier alpha value is -3.14. The van der Waals surface area contributed by atoms with Gasteiger partial charge in [-0.15, -0.1) is 0 Å². The third kappa shape index (κ3) is 4.11. The number of nitrogens with zero attached hydrogens (tertiary/aromatic N) is 3. The number of benzene rings is 1. The van der Waals surface area contributed by atoms with Crippen LogP contribution in [0.1, 0.15) is 59.2 Å². The monoisotopic (exact) mass is 470 g/mol. The van der Waals surface area contributed by atoms with Crippen molar-refractivity contribution in [3.63, 3.8) is 0 Å². The first-order valence-electron chi connectivity index (χ1n) is 11.9. The summed E-state index contributed by atoms with van der Waals surface area (Å²) in [6, 6.07) is 1.44. The summed E-state index contributed by atoms with van der Waals surface area (Å²) < 4.78 is 15.0. The fraction of sp³-hybridized carbons (Fsp3) is 0.542. The molecule has 0 aromatic heterocycles. The summed E-state index contributed by atoms with van der Waals surface area (Å²) in [5.41, 5.74) is 0.323. The number of imide groups is 2. The molecule has 10 heteroatoms. The highest BCUT2D eigenvalue weighted by Crippen LogP contribution is 2.34. The van der Waals surface area contributed by atoms with Crippen molar-refractivity contribution in [2.45, 2.75) is 44.6 Å². The Balaban J connectivity index is 1.27. The van der Waals surface area contributed by atoms with E-state index >= 15 is 4.39 Å². The zero-order chi connectivity index (χ0) is 24.0. The molecule has 1 aromatic carbocycles. The van der Waals surface area contributed by atoms with Crippen molar-refractivity contribution >= 4 is 35.1 Å². The molecule has 3 saturated heterocycles. The molecule has 0 spiro atoms. The van der Waals surface area contributed by atoms with E-state index in [1.54, 1.807) is 0 Å². The zero-order valence-electron chi connectivity index (χ0n) is 18.8. The second-order valence-electron chi connectivity index (χ2n) is 9.57. The minimum atomic E-state index is -1.07. The molecule has 0 bridgehead atoms. The summed E-state index contributed by atoms with van der Waals surface area (Å²) >= 11 is 0. The molecule has 5 rings (SSSR count). The number of anilines is 1. The lowest BCUT2D eigenvalue weighted by Gasteiger charge is -2.37. The van der Waals surface area contributed by atoms with E-state index in [-0.39, 0.29) is 29.7 Å². The Morgan fingerprint density at radius 3 is 2.15 bits per heavy atom. The van der Waals surface area contributed by atoms with Gasteiger partial charge < -0.3 is 9.80 Å². The number of nitrogens with one attached hydrogen (secondary N) is 1. The highest BCUT2D eigenvalue weighted by atomic mass is 19.1. The van der Waals surface area contributed by atoms with E-state index in [2.05, 4.69) is 10.2 Å². The summed E-state index contributed by atoms with van der Waals surface area (Å²) in [6.07, 6.45) is 3.06. The van der Waals surface area contributed by atoms with Crippen LogP contribution in [0.5, 0.6) is 0 Å². The standard InChI is InChI=1S/C24H27FN4O5/c25-18-11-16-17(24(34)29(23(16)33)19-1-2-21(31)26-22(19)32)12-20(18)28-9-3-14(4-10-28)13-27-7-5-15(30)6-8-27/h11-12,14,19H,1-10,13H2,(H,26,31,32). The van der Waals surface area contributed by atoms with Crippen LogP contribution >= 0.6 is 0 Å². The summed E-state index contributed by atoms with van der Waals surface area (Å²) in [4.78, 5) is 66.1. The van der Waals surface area contributed by atoms with Crippen LogP contribution in [0.3, 0.4) is 0 Å². The van der Waals surface area contributed by atoms with Crippen LogP contribution in [0.2, 0.25) is 0 Å². The second kappa shape index (κ2) is 8.90. The quantitative estimate of drug-likeness (QED) is 0.657. The Morgan fingerprint density at radius 1 is 0.853 bits per heavy atom. The molecule has 34 heavy (non-hydrogen) atoms. The van der Waals surface area contributed by atoms with E-state index in [1.807, 2.05) is 4.90 Å². The third-order valence-corrected chi connectivity index (χ3v) is 7.39. The van der Waals surface area contributed by atoms with Crippen molar-refractivity contribution in [2.24, 2.45) is 5.92 Å². The molecule has 180 valence electrons. The predicted octanol–water partition coefficient (Wildman–Crippen LogP) is 1.11. The first-order valence-corrected chi connectivity index (χ1v) is 11.9. The first-order chi connectivity index (χ1) is 16.3. The molecule has 4 amide bonds. The van der Waals surface area contributed by atoms with Gasteiger partial charge in [0.2, 0.25) is 11.8 Å². The molecule has 1 atom stereocenters. The topological polar surface area (TPSA) is 107 Å². The number of ketones is 1. The maximum absolute atomic E-state index is 15.0. The molecular weight excluding hydrogens is 443 g/mol. The number of rotatable bonds is 4. The summed E-state index contributed by atoms with van der Waals surface area (Å²) in [7, 11) is 0. The third-order valence-electron chi connectivity index (χ3n) is 7.39. The van der Waals surface area contributed by atoms with E-state index in [0.29, 0.717) is 37.6 Å². The number of carbonyl (C=O) groups is 5. The Kier molecular flexibility index (Phi) is 5.93. The van der Waals surface area contributed by atoms with E-state index in [9.17, 15) is 24.0 Å². The zero-order valence-corrected chi connectivity index (χ0v) is 18.8. The second-order valence-corrected chi connectivity index (χ2v) is 9.57. The molecule has 9 nitrogen and oxygen atoms in total. The average Bonchev–Trinajstić information content (AvgIpc) is 3.05. The number of amides is 4. The maximum atomic E-state index is 15.0. The molecule has 4 aliphatic heterocycles. The fourth-order valence-electron chi connectivity index (χ4n) is 5.43. The van der Waals surface area contributed by atoms with Gasteiger partial charge in [-0.25, -0.2) is 4.39 Å². The molecule has 4 aliphatic rings. The van der Waals surface area contributed by atoms with Gasteiger partial charge in [0.1, 0.15) is 17.6 Å². The largest absolute Gasteiger partial charge is 0.369 e. The van der Waals surface area contributed by atoms with E-state index < -0.39 is 35.5 Å². The Morgan fingerprint density at radius 2 is 1.50 bits per heavy atom. The van der Waals surface area contributed by atoms with E-state index in [0.717, 1.165) is 43.4 Å². The molecule has 3 fully saturated rings. The lowest BCUT2D eigenvalue weighted by Crippen LogP contribution is -2.54. The molecule has 4 heterocycles. The maximum Gasteiger partial charge on any atom is 0.262 e. The molecular formula is C24H27FN4O5. The lowest BCUT2D eigenvalue weighted by molar-refractivity contribution is -0.136. The van der Waals surface area contributed by atoms with Crippen LogP contribution in [-0.4, -0.2) is 78.0 Å². The van der Waals surface area contributed by atoms with Crippen LogP contribution in [0.15, 0.2) is 12.1 Å². The molecule has 1 aromatic rings. The smallest absolute Gasteiger partial charge is 0.262 e. The highest BCUT2D eigenvalue weighted by Gasteiger charge is 2.45. The van der Waals surface area contributed by atoms with Gasteiger partial charge in [0.25, 0.3) is 11.8 Å². The van der Waals surface area contributed by atoms with Gasteiger partial charge in [0, 0.05) is 52.0 Å². The van der Waals surface area contributed by atoms with Crippen LogP contribution in [0.4, 0.5) is 10.1 Å². The van der Waals surface area contributed by atoms with Gasteiger partial charge in [-0.05, 0) is 37.3 Å². The number of fused-ring (bicyclic) bond motifs is 1. The number of piperidine rings is 3. The lowest BCUT2D eigenvalue weighted by atomic mass is 9.94. The van der Waals surface area contributed by atoms with Crippen LogP contribution in [-0.2, 0) is 14.4 Å². The summed E-state index contributed by atoms with van der Waals surface area (Å²) in [5, 5.41) is 2.16. The molecule has 1 unspecified atom stereocenters. The molecule has 0 saturated carbocycles. The van der Waals surface area contributed by atoms with Crippen molar-refractivity contribution in [3.8, 4) is 0 Å². The first kappa shape index (κ1) is 22.6. The number of likely N-dealkylation sites (tertiary alicyclic amines) is 1. The number of Topliss-reactive ketones (excluding diaryl/α,β-unsaturated/α-hetero) is 1. The summed E-state index contributed by atoms with van der Waals surface area (Å²) in [6.45, 7) is 3.80. The molecule has 0 radical (unpaired) electrons. The van der Waals surface area contributed by atoms with E-state index in [1.165, 1.54) is 6.07 Å². The van der Waals surface area contributed by atoms with Crippen molar-refractivity contribution in [1.29, 1.82) is 0 Å². The van der Waals surface area contributed by atoms with Crippen molar-refractivity contribution < 1.29 is 28.4 Å². The van der Waals surface area contributed by atoms with Crippen molar-refractivity contribution in [3.05, 3.63) is 29.1 Å². The SMILES string of the molecule is O=C1CCN(CC2CCN(c3cc4c(cc3F)C(=O)N(C3CCC(=O)NC3=O)C4=O)CC2)CC1. The predicted molar refractivity (Wildman–Crippen MR) is 119 cm³/mol. The van der Waals surface area contributed by atoms with Gasteiger partial charge >= 0.3 is 0 Å². The van der Waals surface area contributed by atoms with Crippen molar-refractivity contribution in [2.75, 3.05) is 37.6 Å². The van der Waals surface area contributed by atoms with Crippen molar-refractivity contribution in [1.82, 2.24) is 15.1 Å².